The highest BCUT2D eigenvalue weighted by atomic mass is 35.5. The maximum absolute atomic E-state index is 5.93. The van der Waals surface area contributed by atoms with Gasteiger partial charge in [-0.1, -0.05) is 36.7 Å². The van der Waals surface area contributed by atoms with Crippen molar-refractivity contribution in [3.05, 3.63) is 58.7 Å². The van der Waals surface area contributed by atoms with Crippen LogP contribution in [0, 0.1) is 0 Å². The molecule has 3 nitrogen and oxygen atoms in total. The van der Waals surface area contributed by atoms with Crippen molar-refractivity contribution in [2.24, 2.45) is 0 Å². The third-order valence-corrected chi connectivity index (χ3v) is 3.74. The lowest BCUT2D eigenvalue weighted by molar-refractivity contribution is 0.594. The Balaban J connectivity index is 2.18. The van der Waals surface area contributed by atoms with E-state index in [1.807, 2.05) is 24.4 Å². The molecule has 1 atom stereocenters. The number of hydrogen-bond acceptors (Lipinski definition) is 3. The van der Waals surface area contributed by atoms with Gasteiger partial charge in [-0.3, -0.25) is 0 Å². The molecule has 1 heterocycles. The van der Waals surface area contributed by atoms with Crippen LogP contribution in [0.15, 0.2) is 42.6 Å². The topological polar surface area (TPSA) is 28.2 Å². The van der Waals surface area contributed by atoms with Gasteiger partial charge in [-0.05, 0) is 37.2 Å². The molecule has 1 N–H and O–H groups in total. The summed E-state index contributed by atoms with van der Waals surface area (Å²) in [5.41, 5.74) is 2.44. The molecule has 0 aliphatic rings. The van der Waals surface area contributed by atoms with Gasteiger partial charge in [-0.2, -0.15) is 0 Å². The van der Waals surface area contributed by atoms with E-state index in [0.29, 0.717) is 0 Å². The lowest BCUT2D eigenvalue weighted by atomic mass is 10.1. The fourth-order valence-corrected chi connectivity index (χ4v) is 2.55. The minimum atomic E-state index is 0.284. The number of nitrogens with zero attached hydrogens (tertiary/aromatic N) is 2. The second-order valence-electron chi connectivity index (χ2n) is 5.18. The first kappa shape index (κ1) is 15.8. The molecule has 0 radical (unpaired) electrons. The van der Waals surface area contributed by atoms with Crippen molar-refractivity contribution in [2.45, 2.75) is 26.4 Å². The van der Waals surface area contributed by atoms with Crippen molar-refractivity contribution >= 4 is 17.4 Å². The molecule has 1 unspecified atom stereocenters. The van der Waals surface area contributed by atoms with Crippen molar-refractivity contribution in [2.75, 3.05) is 18.5 Å². The first-order valence-corrected chi connectivity index (χ1v) is 7.63. The average Bonchev–Trinajstić information content (AvgIpc) is 2.50. The van der Waals surface area contributed by atoms with Crippen LogP contribution in [0.5, 0.6) is 0 Å². The second kappa shape index (κ2) is 7.43. The Morgan fingerprint density at radius 3 is 2.62 bits per heavy atom. The van der Waals surface area contributed by atoms with Gasteiger partial charge in [0.25, 0.3) is 0 Å². The molecule has 1 aromatic heterocycles. The summed E-state index contributed by atoms with van der Waals surface area (Å²) >= 11 is 5.93. The van der Waals surface area contributed by atoms with Gasteiger partial charge < -0.3 is 10.2 Å². The Morgan fingerprint density at radius 1 is 1.24 bits per heavy atom. The van der Waals surface area contributed by atoms with E-state index in [4.69, 9.17) is 11.6 Å². The van der Waals surface area contributed by atoms with Gasteiger partial charge in [0.05, 0.1) is 0 Å². The zero-order chi connectivity index (χ0) is 15.2. The maximum atomic E-state index is 5.93. The lowest BCUT2D eigenvalue weighted by Crippen LogP contribution is -2.24. The molecule has 0 aliphatic heterocycles. The third kappa shape index (κ3) is 4.19. The summed E-state index contributed by atoms with van der Waals surface area (Å²) in [5.74, 6) is 1.01. The largest absolute Gasteiger partial charge is 0.355 e. The molecule has 112 valence electrons. The molecule has 2 rings (SSSR count). The van der Waals surface area contributed by atoms with Crippen LogP contribution >= 0.6 is 11.6 Å². The van der Waals surface area contributed by atoms with E-state index in [1.54, 1.807) is 0 Å². The number of halogens is 1. The highest BCUT2D eigenvalue weighted by molar-refractivity contribution is 6.30. The van der Waals surface area contributed by atoms with Crippen LogP contribution in [0.2, 0.25) is 5.02 Å². The quantitative estimate of drug-likeness (QED) is 0.873. The van der Waals surface area contributed by atoms with Crippen molar-refractivity contribution in [1.29, 1.82) is 0 Å². The van der Waals surface area contributed by atoms with Gasteiger partial charge >= 0.3 is 0 Å². The molecule has 0 amide bonds. The van der Waals surface area contributed by atoms with Crippen LogP contribution in [0.4, 0.5) is 5.82 Å². The smallest absolute Gasteiger partial charge is 0.133 e. The van der Waals surface area contributed by atoms with E-state index in [9.17, 15) is 0 Å². The van der Waals surface area contributed by atoms with Crippen molar-refractivity contribution in [3.63, 3.8) is 0 Å². The van der Waals surface area contributed by atoms with Crippen LogP contribution in [0.1, 0.15) is 31.0 Å². The van der Waals surface area contributed by atoms with E-state index < -0.39 is 0 Å². The summed E-state index contributed by atoms with van der Waals surface area (Å²) in [6, 6.07) is 12.4. The van der Waals surface area contributed by atoms with Crippen molar-refractivity contribution in [1.82, 2.24) is 10.3 Å². The molecule has 0 aliphatic carbocycles. The molecule has 0 spiro atoms. The number of nitrogens with one attached hydrogen (secondary N) is 1. The van der Waals surface area contributed by atoms with Gasteiger partial charge in [0.15, 0.2) is 0 Å². The molecule has 0 fully saturated rings. The third-order valence-electron chi connectivity index (χ3n) is 3.49. The number of anilines is 1. The van der Waals surface area contributed by atoms with Crippen LogP contribution in [0.3, 0.4) is 0 Å². The minimum absolute atomic E-state index is 0.284. The van der Waals surface area contributed by atoms with Crippen LogP contribution in [0.25, 0.3) is 0 Å². The Kier molecular flexibility index (Phi) is 5.59. The molecule has 0 saturated heterocycles. The second-order valence-corrected chi connectivity index (χ2v) is 5.61. The number of pyridine rings is 1. The highest BCUT2D eigenvalue weighted by Crippen LogP contribution is 2.24. The van der Waals surface area contributed by atoms with Gasteiger partial charge in [-0.25, -0.2) is 4.98 Å². The molecular weight excluding hydrogens is 282 g/mol. The number of hydrogen-bond donors (Lipinski definition) is 1. The van der Waals surface area contributed by atoms with E-state index in [0.717, 1.165) is 23.9 Å². The van der Waals surface area contributed by atoms with E-state index >= 15 is 0 Å². The average molecular weight is 304 g/mol. The summed E-state index contributed by atoms with van der Waals surface area (Å²) in [5, 5.41) is 4.21. The number of benzene rings is 1. The fourth-order valence-electron chi connectivity index (χ4n) is 2.42. The number of rotatable bonds is 6. The molecule has 21 heavy (non-hydrogen) atoms. The standard InChI is InChI=1S/C17H22ClN3/c1-4-19-13(2)16-6-5-11-20-17(16)21(3)12-14-7-9-15(18)10-8-14/h5-11,13,19H,4,12H2,1-3H3. The monoisotopic (exact) mass is 303 g/mol. The van der Waals surface area contributed by atoms with E-state index in [2.05, 4.69) is 54.3 Å². The van der Waals surface area contributed by atoms with E-state index in [-0.39, 0.29) is 6.04 Å². The molecule has 1 aromatic carbocycles. The van der Waals surface area contributed by atoms with Crippen molar-refractivity contribution < 1.29 is 0 Å². The van der Waals surface area contributed by atoms with Crippen LogP contribution < -0.4 is 10.2 Å². The van der Waals surface area contributed by atoms with E-state index in [1.165, 1.54) is 11.1 Å². The predicted molar refractivity (Wildman–Crippen MR) is 89.9 cm³/mol. The summed E-state index contributed by atoms with van der Waals surface area (Å²) in [6.45, 7) is 6.03. The Morgan fingerprint density at radius 2 is 1.95 bits per heavy atom. The van der Waals surface area contributed by atoms with Gasteiger partial charge in [0.1, 0.15) is 5.82 Å². The Bertz CT molecular complexity index is 569. The summed E-state index contributed by atoms with van der Waals surface area (Å²) in [4.78, 5) is 6.73. The molecule has 0 bridgehead atoms. The molecule has 2 aromatic rings. The first-order valence-electron chi connectivity index (χ1n) is 7.25. The summed E-state index contributed by atoms with van der Waals surface area (Å²) < 4.78 is 0. The van der Waals surface area contributed by atoms with Gasteiger partial charge in [-0.15, -0.1) is 0 Å². The van der Waals surface area contributed by atoms with Crippen molar-refractivity contribution in [3.8, 4) is 0 Å². The zero-order valence-corrected chi connectivity index (χ0v) is 13.6. The Hall–Kier alpha value is -1.58. The number of aromatic nitrogens is 1. The van der Waals surface area contributed by atoms with Crippen LogP contribution in [-0.4, -0.2) is 18.6 Å². The van der Waals surface area contributed by atoms with Gasteiger partial charge in [0, 0.05) is 36.4 Å². The molecule has 4 heteroatoms. The lowest BCUT2D eigenvalue weighted by Gasteiger charge is -2.24. The highest BCUT2D eigenvalue weighted by Gasteiger charge is 2.14. The minimum Gasteiger partial charge on any atom is -0.355 e. The summed E-state index contributed by atoms with van der Waals surface area (Å²) in [7, 11) is 2.07. The normalized spacial score (nSPS) is 12.2. The molecule has 0 saturated carbocycles. The zero-order valence-electron chi connectivity index (χ0n) is 12.8. The predicted octanol–water partition coefficient (Wildman–Crippen LogP) is 4.04. The van der Waals surface area contributed by atoms with Gasteiger partial charge in [0.2, 0.25) is 0 Å². The molecular formula is C17H22ClN3. The maximum Gasteiger partial charge on any atom is 0.133 e. The Labute approximate surface area is 132 Å². The van der Waals surface area contributed by atoms with Crippen LogP contribution in [-0.2, 0) is 6.54 Å². The first-order chi connectivity index (χ1) is 10.1. The SMILES string of the molecule is CCNC(C)c1cccnc1N(C)Cc1ccc(Cl)cc1. The summed E-state index contributed by atoms with van der Waals surface area (Å²) in [6.07, 6.45) is 1.84. The fraction of sp³-hybridized carbons (Fsp3) is 0.353.